The Kier molecular flexibility index (Phi) is 3.48. The molecular weight excluding hydrogens is 180 g/mol. The Morgan fingerprint density at radius 1 is 1.57 bits per heavy atom. The van der Waals surface area contributed by atoms with E-state index in [4.69, 9.17) is 5.84 Å². The lowest BCUT2D eigenvalue weighted by Gasteiger charge is -2.12. The van der Waals surface area contributed by atoms with Gasteiger partial charge in [0, 0.05) is 7.05 Å². The molecule has 4 nitrogen and oxygen atoms in total. The van der Waals surface area contributed by atoms with Gasteiger partial charge in [-0.15, -0.1) is 0 Å². The van der Waals surface area contributed by atoms with E-state index in [-0.39, 0.29) is 12.4 Å². The van der Waals surface area contributed by atoms with Gasteiger partial charge in [-0.2, -0.15) is 0 Å². The van der Waals surface area contributed by atoms with Crippen molar-refractivity contribution in [1.29, 1.82) is 0 Å². The van der Waals surface area contributed by atoms with Crippen molar-refractivity contribution in [3.8, 4) is 0 Å². The Bertz CT molecular complexity index is 324. The summed E-state index contributed by atoms with van der Waals surface area (Å²) in [5.41, 5.74) is 1.76. The third-order valence-corrected chi connectivity index (χ3v) is 1.89. The predicted octanol–water partition coefficient (Wildman–Crippen LogP) is 0.712. The maximum atomic E-state index is 11.0. The summed E-state index contributed by atoms with van der Waals surface area (Å²) in [4.78, 5) is 11.0. The summed E-state index contributed by atoms with van der Waals surface area (Å²) < 4.78 is 4.57. The third-order valence-electron chi connectivity index (χ3n) is 1.89. The summed E-state index contributed by atoms with van der Waals surface area (Å²) in [7, 11) is 3.12. The lowest BCUT2D eigenvalue weighted by atomic mass is 10.1. The number of rotatable bonds is 3. The van der Waals surface area contributed by atoms with Crippen molar-refractivity contribution in [3.05, 3.63) is 29.8 Å². The summed E-state index contributed by atoms with van der Waals surface area (Å²) in [5, 5.41) is 1.50. The van der Waals surface area contributed by atoms with Crippen LogP contribution in [0.5, 0.6) is 0 Å². The van der Waals surface area contributed by atoms with Crippen LogP contribution in [0.4, 0.5) is 5.69 Å². The van der Waals surface area contributed by atoms with Crippen molar-refractivity contribution in [3.63, 3.8) is 0 Å². The molecule has 0 saturated carbocycles. The normalized spacial score (nSPS) is 9.64. The van der Waals surface area contributed by atoms with Crippen LogP contribution in [0.15, 0.2) is 24.3 Å². The zero-order valence-corrected chi connectivity index (χ0v) is 8.36. The molecule has 0 heterocycles. The minimum atomic E-state index is -0.248. The number of carbonyl (C=O) groups excluding carboxylic acids is 1. The van der Waals surface area contributed by atoms with Crippen LogP contribution in [0.3, 0.4) is 0 Å². The lowest BCUT2D eigenvalue weighted by Crippen LogP contribution is -2.25. The van der Waals surface area contributed by atoms with Crippen molar-refractivity contribution >= 4 is 11.7 Å². The number of esters is 1. The fourth-order valence-electron chi connectivity index (χ4n) is 1.12. The van der Waals surface area contributed by atoms with Gasteiger partial charge in [-0.05, 0) is 17.7 Å². The number of ether oxygens (including phenoxy) is 1. The van der Waals surface area contributed by atoms with E-state index < -0.39 is 0 Å². The number of hydrazine groups is 1. The van der Waals surface area contributed by atoms with Gasteiger partial charge in [0.15, 0.2) is 0 Å². The maximum absolute atomic E-state index is 11.0. The highest BCUT2D eigenvalue weighted by molar-refractivity contribution is 5.72. The largest absolute Gasteiger partial charge is 0.469 e. The Balaban J connectivity index is 2.78. The fourth-order valence-corrected chi connectivity index (χ4v) is 1.12. The number of carbonyl (C=O) groups is 1. The van der Waals surface area contributed by atoms with E-state index in [0.717, 1.165) is 11.3 Å². The molecular formula is C10H14N2O2. The van der Waals surface area contributed by atoms with E-state index in [0.29, 0.717) is 0 Å². The van der Waals surface area contributed by atoms with Crippen molar-refractivity contribution in [2.24, 2.45) is 5.84 Å². The van der Waals surface area contributed by atoms with E-state index in [1.165, 1.54) is 12.1 Å². The first-order chi connectivity index (χ1) is 6.63. The van der Waals surface area contributed by atoms with Crippen LogP contribution in [0.2, 0.25) is 0 Å². The summed E-state index contributed by atoms with van der Waals surface area (Å²) in [6.45, 7) is 0. The molecule has 0 radical (unpaired) electrons. The molecule has 1 aromatic carbocycles. The van der Waals surface area contributed by atoms with Crippen molar-refractivity contribution in [2.75, 3.05) is 19.2 Å². The molecule has 0 bridgehead atoms. The van der Waals surface area contributed by atoms with Crippen LogP contribution in [0.1, 0.15) is 5.56 Å². The molecule has 0 amide bonds. The third kappa shape index (κ3) is 2.74. The summed E-state index contributed by atoms with van der Waals surface area (Å²) in [6, 6.07) is 7.46. The first-order valence-electron chi connectivity index (χ1n) is 4.27. The van der Waals surface area contributed by atoms with Crippen LogP contribution in [0.25, 0.3) is 0 Å². The molecule has 76 valence electrons. The lowest BCUT2D eigenvalue weighted by molar-refractivity contribution is -0.139. The molecule has 0 saturated heterocycles. The zero-order valence-electron chi connectivity index (χ0n) is 8.36. The molecule has 0 spiro atoms. The van der Waals surface area contributed by atoms with E-state index >= 15 is 0 Å². The Morgan fingerprint density at radius 2 is 2.29 bits per heavy atom. The smallest absolute Gasteiger partial charge is 0.309 e. The Labute approximate surface area is 83.2 Å². The summed E-state index contributed by atoms with van der Waals surface area (Å²) >= 11 is 0. The second kappa shape index (κ2) is 4.62. The van der Waals surface area contributed by atoms with Crippen LogP contribution >= 0.6 is 0 Å². The topological polar surface area (TPSA) is 55.6 Å². The van der Waals surface area contributed by atoms with E-state index in [1.54, 1.807) is 7.05 Å². The average molecular weight is 194 g/mol. The standard InChI is InChI=1S/C10H14N2O2/c1-12(11)9-5-3-4-8(6-9)7-10(13)14-2/h3-6H,7,11H2,1-2H3. The highest BCUT2D eigenvalue weighted by atomic mass is 16.5. The van der Waals surface area contributed by atoms with E-state index in [2.05, 4.69) is 4.74 Å². The van der Waals surface area contributed by atoms with E-state index in [9.17, 15) is 4.79 Å². The molecule has 0 aliphatic rings. The van der Waals surface area contributed by atoms with Gasteiger partial charge in [0.1, 0.15) is 0 Å². The van der Waals surface area contributed by atoms with Gasteiger partial charge in [-0.1, -0.05) is 12.1 Å². The molecule has 2 N–H and O–H groups in total. The highest BCUT2D eigenvalue weighted by Gasteiger charge is 2.03. The quantitative estimate of drug-likeness (QED) is 0.437. The number of nitrogens with zero attached hydrogens (tertiary/aromatic N) is 1. The monoisotopic (exact) mass is 194 g/mol. The Morgan fingerprint density at radius 3 is 2.86 bits per heavy atom. The van der Waals surface area contributed by atoms with Crippen LogP contribution in [-0.2, 0) is 16.0 Å². The zero-order chi connectivity index (χ0) is 10.6. The number of hydrogen-bond donors (Lipinski definition) is 1. The highest BCUT2D eigenvalue weighted by Crippen LogP contribution is 2.12. The number of benzene rings is 1. The number of anilines is 1. The minimum Gasteiger partial charge on any atom is -0.469 e. The van der Waals surface area contributed by atoms with Crippen molar-refractivity contribution < 1.29 is 9.53 Å². The van der Waals surface area contributed by atoms with Crippen molar-refractivity contribution in [1.82, 2.24) is 0 Å². The van der Waals surface area contributed by atoms with Gasteiger partial charge in [-0.25, -0.2) is 5.84 Å². The molecule has 4 heteroatoms. The summed E-state index contributed by atoms with van der Waals surface area (Å²) in [5.74, 6) is 5.31. The fraction of sp³-hybridized carbons (Fsp3) is 0.300. The number of hydrogen-bond acceptors (Lipinski definition) is 4. The molecule has 0 fully saturated rings. The second-order valence-electron chi connectivity index (χ2n) is 3.03. The van der Waals surface area contributed by atoms with Gasteiger partial charge >= 0.3 is 5.97 Å². The maximum Gasteiger partial charge on any atom is 0.309 e. The van der Waals surface area contributed by atoms with Crippen LogP contribution < -0.4 is 10.9 Å². The number of nitrogens with two attached hydrogens (primary N) is 1. The van der Waals surface area contributed by atoms with Crippen LogP contribution in [-0.4, -0.2) is 20.1 Å². The predicted molar refractivity (Wildman–Crippen MR) is 54.8 cm³/mol. The molecule has 14 heavy (non-hydrogen) atoms. The molecule has 0 aliphatic heterocycles. The van der Waals surface area contributed by atoms with Gasteiger partial charge in [0.25, 0.3) is 0 Å². The van der Waals surface area contributed by atoms with Crippen LogP contribution in [0, 0.1) is 0 Å². The molecule has 0 aromatic heterocycles. The number of methoxy groups -OCH3 is 1. The first-order valence-corrected chi connectivity index (χ1v) is 4.27. The Hall–Kier alpha value is -1.55. The van der Waals surface area contributed by atoms with Gasteiger partial charge in [0.05, 0.1) is 19.2 Å². The summed E-state index contributed by atoms with van der Waals surface area (Å²) in [6.07, 6.45) is 0.276. The molecule has 1 rings (SSSR count). The van der Waals surface area contributed by atoms with Gasteiger partial charge < -0.3 is 9.75 Å². The second-order valence-corrected chi connectivity index (χ2v) is 3.03. The van der Waals surface area contributed by atoms with E-state index in [1.807, 2.05) is 24.3 Å². The van der Waals surface area contributed by atoms with Gasteiger partial charge in [-0.3, -0.25) is 4.79 Å². The minimum absolute atomic E-state index is 0.248. The van der Waals surface area contributed by atoms with Gasteiger partial charge in [0.2, 0.25) is 0 Å². The van der Waals surface area contributed by atoms with Crippen molar-refractivity contribution in [2.45, 2.75) is 6.42 Å². The molecule has 1 aromatic rings. The average Bonchev–Trinajstić information content (AvgIpc) is 2.18. The first kappa shape index (κ1) is 10.5. The molecule has 0 aliphatic carbocycles. The molecule has 0 atom stereocenters. The SMILES string of the molecule is COC(=O)Cc1cccc(N(C)N)c1. The molecule has 0 unspecified atom stereocenters.